The van der Waals surface area contributed by atoms with Crippen LogP contribution in [-0.4, -0.2) is 21.0 Å². The lowest BCUT2D eigenvalue weighted by atomic mass is 10.0. The van der Waals surface area contributed by atoms with Crippen LogP contribution in [0.5, 0.6) is 0 Å². The zero-order chi connectivity index (χ0) is 24.6. The van der Waals surface area contributed by atoms with Crippen LogP contribution in [0.1, 0.15) is 63.3 Å². The molecule has 4 rings (SSSR count). The zero-order valence-electron chi connectivity index (χ0n) is 21.7. The highest BCUT2D eigenvalue weighted by atomic mass is 15.2. The Morgan fingerprint density at radius 1 is 0.771 bits per heavy atom. The van der Waals surface area contributed by atoms with E-state index in [1.165, 1.54) is 27.9 Å². The highest BCUT2D eigenvalue weighted by Crippen LogP contribution is 2.31. The third kappa shape index (κ3) is 6.10. The van der Waals surface area contributed by atoms with Gasteiger partial charge in [0.1, 0.15) is 5.82 Å². The van der Waals surface area contributed by atoms with E-state index in [1.807, 2.05) is 0 Å². The number of rotatable bonds is 11. The largest absolute Gasteiger partial charge is 0.326 e. The predicted molar refractivity (Wildman–Crippen MR) is 148 cm³/mol. The van der Waals surface area contributed by atoms with Crippen LogP contribution in [0.15, 0.2) is 84.9 Å². The van der Waals surface area contributed by atoms with Crippen LogP contribution in [0.25, 0.3) is 22.6 Å². The van der Waals surface area contributed by atoms with Crippen LogP contribution in [0.3, 0.4) is 0 Å². The summed E-state index contributed by atoms with van der Waals surface area (Å²) in [6, 6.07) is 30.5. The van der Waals surface area contributed by atoms with Crippen molar-refractivity contribution < 1.29 is 0 Å². The van der Waals surface area contributed by atoms with E-state index >= 15 is 0 Å². The molecule has 1 aromatic heterocycles. The van der Waals surface area contributed by atoms with Crippen LogP contribution in [0, 0.1) is 0 Å². The van der Waals surface area contributed by atoms with Crippen molar-refractivity contribution in [2.45, 2.75) is 66.1 Å². The van der Waals surface area contributed by atoms with Gasteiger partial charge in [0.15, 0.2) is 0 Å². The van der Waals surface area contributed by atoms with E-state index in [9.17, 15) is 0 Å². The molecule has 0 aliphatic carbocycles. The van der Waals surface area contributed by atoms with Crippen LogP contribution in [0.2, 0.25) is 0 Å². The number of unbranched alkanes of at least 4 members (excludes halogenated alkanes) is 1. The maximum atomic E-state index is 5.27. The highest BCUT2D eigenvalue weighted by Gasteiger charge is 2.21. The number of hydrogen-bond acceptors (Lipinski definition) is 2. The van der Waals surface area contributed by atoms with Crippen LogP contribution in [0.4, 0.5) is 0 Å². The lowest BCUT2D eigenvalue weighted by Gasteiger charge is -2.23. The number of nitrogens with zero attached hydrogens (tertiary/aromatic N) is 3. The summed E-state index contributed by atoms with van der Waals surface area (Å²) < 4.78 is 2.48. The first-order valence-electron chi connectivity index (χ1n) is 13.1. The molecule has 0 spiro atoms. The molecular weight excluding hydrogens is 426 g/mol. The number of benzene rings is 3. The van der Waals surface area contributed by atoms with Gasteiger partial charge in [-0.05, 0) is 30.0 Å². The van der Waals surface area contributed by atoms with E-state index in [-0.39, 0.29) is 0 Å². The van der Waals surface area contributed by atoms with Gasteiger partial charge in [-0.3, -0.25) is 4.90 Å². The Morgan fingerprint density at radius 2 is 1.40 bits per heavy atom. The monoisotopic (exact) mass is 465 g/mol. The van der Waals surface area contributed by atoms with Crippen molar-refractivity contribution in [2.24, 2.45) is 0 Å². The fourth-order valence-corrected chi connectivity index (χ4v) is 4.60. The van der Waals surface area contributed by atoms with Gasteiger partial charge in [-0.15, -0.1) is 0 Å². The number of aromatic nitrogens is 2. The van der Waals surface area contributed by atoms with Crippen LogP contribution in [-0.2, 0) is 19.6 Å². The molecule has 0 aliphatic rings. The zero-order valence-corrected chi connectivity index (χ0v) is 21.7. The smallest absolute Gasteiger partial charge is 0.140 e. The third-order valence-electron chi connectivity index (χ3n) is 6.76. The van der Waals surface area contributed by atoms with E-state index in [0.29, 0.717) is 5.92 Å². The molecule has 35 heavy (non-hydrogen) atoms. The molecule has 0 aliphatic heterocycles. The average molecular weight is 466 g/mol. The van der Waals surface area contributed by atoms with Gasteiger partial charge >= 0.3 is 0 Å². The molecule has 0 atom stereocenters. The maximum absolute atomic E-state index is 5.27. The van der Waals surface area contributed by atoms with Gasteiger partial charge < -0.3 is 4.57 Å². The first-order chi connectivity index (χ1) is 17.1. The Kier molecular flexibility index (Phi) is 8.54. The Bertz CT molecular complexity index is 1170. The van der Waals surface area contributed by atoms with Gasteiger partial charge in [-0.25, -0.2) is 4.98 Å². The molecule has 0 amide bonds. The first kappa shape index (κ1) is 24.9. The SMILES string of the molecule is CCCCn1c(-c2ccccc2)nc(-c2ccccc2)c1CN(CC)Cc1ccc(C(C)C)cc1. The molecule has 0 radical (unpaired) electrons. The second kappa shape index (κ2) is 12.0. The Balaban J connectivity index is 1.73. The lowest BCUT2D eigenvalue weighted by Crippen LogP contribution is -2.24. The molecule has 3 aromatic carbocycles. The fourth-order valence-electron chi connectivity index (χ4n) is 4.60. The molecule has 0 fully saturated rings. The quantitative estimate of drug-likeness (QED) is 0.223. The molecule has 0 N–H and O–H groups in total. The maximum Gasteiger partial charge on any atom is 0.140 e. The first-order valence-corrected chi connectivity index (χ1v) is 13.1. The lowest BCUT2D eigenvalue weighted by molar-refractivity contribution is 0.264. The Labute approximate surface area is 211 Å². The van der Waals surface area contributed by atoms with Gasteiger partial charge in [-0.1, -0.05) is 119 Å². The minimum Gasteiger partial charge on any atom is -0.326 e. The van der Waals surface area contributed by atoms with Crippen molar-refractivity contribution in [3.8, 4) is 22.6 Å². The minimum atomic E-state index is 0.559. The van der Waals surface area contributed by atoms with Gasteiger partial charge in [0.25, 0.3) is 0 Å². The van der Waals surface area contributed by atoms with Crippen molar-refractivity contribution in [2.75, 3.05) is 6.54 Å². The molecule has 4 aromatic rings. The number of hydrogen-bond donors (Lipinski definition) is 0. The van der Waals surface area contributed by atoms with E-state index in [4.69, 9.17) is 4.98 Å². The normalized spacial score (nSPS) is 11.5. The van der Waals surface area contributed by atoms with Crippen molar-refractivity contribution >= 4 is 0 Å². The molecule has 0 bridgehead atoms. The fraction of sp³-hybridized carbons (Fsp3) is 0.344. The van der Waals surface area contributed by atoms with Crippen molar-refractivity contribution in [3.63, 3.8) is 0 Å². The average Bonchev–Trinajstić information content (AvgIpc) is 3.26. The molecule has 3 heteroatoms. The van der Waals surface area contributed by atoms with Gasteiger partial charge in [0, 0.05) is 30.8 Å². The summed E-state index contributed by atoms with van der Waals surface area (Å²) in [4.78, 5) is 7.80. The van der Waals surface area contributed by atoms with E-state index < -0.39 is 0 Å². The predicted octanol–water partition coefficient (Wildman–Crippen LogP) is 8.16. The summed E-state index contributed by atoms with van der Waals surface area (Å²) in [5, 5.41) is 0. The molecule has 182 valence electrons. The van der Waals surface area contributed by atoms with E-state index in [0.717, 1.165) is 50.5 Å². The van der Waals surface area contributed by atoms with E-state index in [2.05, 4.69) is 122 Å². The number of imidazole rings is 1. The third-order valence-corrected chi connectivity index (χ3v) is 6.76. The minimum absolute atomic E-state index is 0.559. The standard InChI is InChI=1S/C32H39N3/c1-5-7-22-35-30(24-34(6-2)23-26-18-20-27(21-19-26)25(3)4)31(28-14-10-8-11-15-28)33-32(35)29-16-12-9-13-17-29/h8-21,25H,5-7,22-24H2,1-4H3. The molecule has 0 saturated carbocycles. The molecule has 3 nitrogen and oxygen atoms in total. The summed E-state index contributed by atoms with van der Waals surface area (Å²) in [5.41, 5.74) is 7.54. The van der Waals surface area contributed by atoms with Crippen LogP contribution < -0.4 is 0 Å². The summed E-state index contributed by atoms with van der Waals surface area (Å²) >= 11 is 0. The van der Waals surface area contributed by atoms with Crippen molar-refractivity contribution in [3.05, 3.63) is 102 Å². The molecule has 1 heterocycles. The molecule has 0 saturated heterocycles. The van der Waals surface area contributed by atoms with Crippen LogP contribution >= 0.6 is 0 Å². The molecular formula is C32H39N3. The van der Waals surface area contributed by atoms with Crippen molar-refractivity contribution in [1.82, 2.24) is 14.5 Å². The van der Waals surface area contributed by atoms with E-state index in [1.54, 1.807) is 0 Å². The van der Waals surface area contributed by atoms with Crippen molar-refractivity contribution in [1.29, 1.82) is 0 Å². The molecule has 0 unspecified atom stereocenters. The summed E-state index contributed by atoms with van der Waals surface area (Å²) in [6.45, 7) is 12.8. The summed E-state index contributed by atoms with van der Waals surface area (Å²) in [7, 11) is 0. The highest BCUT2D eigenvalue weighted by molar-refractivity contribution is 5.68. The summed E-state index contributed by atoms with van der Waals surface area (Å²) in [6.07, 6.45) is 2.30. The van der Waals surface area contributed by atoms with Gasteiger partial charge in [-0.2, -0.15) is 0 Å². The topological polar surface area (TPSA) is 21.1 Å². The van der Waals surface area contributed by atoms with Gasteiger partial charge in [0.05, 0.1) is 11.4 Å². The second-order valence-electron chi connectivity index (χ2n) is 9.67. The summed E-state index contributed by atoms with van der Waals surface area (Å²) in [5.74, 6) is 1.63. The van der Waals surface area contributed by atoms with Gasteiger partial charge in [0.2, 0.25) is 0 Å². The second-order valence-corrected chi connectivity index (χ2v) is 9.67. The Hall–Kier alpha value is -3.17. The Morgan fingerprint density at radius 3 is 1.97 bits per heavy atom.